The van der Waals surface area contributed by atoms with Crippen molar-refractivity contribution in [3.8, 4) is 0 Å². The van der Waals surface area contributed by atoms with Gasteiger partial charge in [0.25, 0.3) is 0 Å². The maximum absolute atomic E-state index is 12.2. The van der Waals surface area contributed by atoms with Gasteiger partial charge in [0.05, 0.1) is 26.3 Å². The number of nitrogens with zero attached hydrogens (tertiary/aromatic N) is 2. The minimum atomic E-state index is -0.141. The van der Waals surface area contributed by atoms with Gasteiger partial charge in [-0.3, -0.25) is 9.78 Å². The third kappa shape index (κ3) is 3.26. The normalized spacial score (nSPS) is 25.6. The number of likely N-dealkylation sites (tertiary alicyclic amines) is 1. The zero-order valence-electron chi connectivity index (χ0n) is 13.4. The predicted molar refractivity (Wildman–Crippen MR) is 84.6 cm³/mol. The van der Waals surface area contributed by atoms with Crippen LogP contribution in [0.3, 0.4) is 0 Å². The van der Waals surface area contributed by atoms with Gasteiger partial charge in [-0.2, -0.15) is 0 Å². The second kappa shape index (κ2) is 6.21. The van der Waals surface area contributed by atoms with Gasteiger partial charge in [-0.15, -0.1) is 0 Å². The second-order valence-corrected chi connectivity index (χ2v) is 7.17. The molecule has 3 aliphatic rings. The number of carbonyl (C=O) groups excluding carboxylic acids is 1. The number of carbonyl (C=O) groups is 1. The Morgan fingerprint density at radius 1 is 1.30 bits per heavy atom. The summed E-state index contributed by atoms with van der Waals surface area (Å²) in [6.07, 6.45) is 7.79. The quantitative estimate of drug-likeness (QED) is 0.806. The summed E-state index contributed by atoms with van der Waals surface area (Å²) < 4.78 is 11.9. The molecule has 0 aromatic carbocycles. The van der Waals surface area contributed by atoms with Crippen LogP contribution in [0.5, 0.6) is 0 Å². The van der Waals surface area contributed by atoms with Crippen LogP contribution in [0, 0.1) is 11.8 Å². The lowest BCUT2D eigenvalue weighted by Gasteiger charge is -2.50. The molecule has 5 heteroatoms. The Hall–Kier alpha value is -1.46. The van der Waals surface area contributed by atoms with E-state index in [9.17, 15) is 4.79 Å². The molecule has 2 aliphatic heterocycles. The summed E-state index contributed by atoms with van der Waals surface area (Å²) in [5.74, 6) is 1.36. The van der Waals surface area contributed by atoms with Gasteiger partial charge < -0.3 is 14.4 Å². The fourth-order valence-electron chi connectivity index (χ4n) is 3.64. The molecule has 0 radical (unpaired) electrons. The molecule has 1 aromatic heterocycles. The lowest BCUT2D eigenvalue weighted by molar-refractivity contribution is -0.169. The molecule has 1 saturated carbocycles. The molecule has 0 unspecified atom stereocenters. The van der Waals surface area contributed by atoms with Crippen LogP contribution in [0.1, 0.15) is 31.2 Å². The largest absolute Gasteiger partial charge is 0.376 e. The fraction of sp³-hybridized carbons (Fsp3) is 0.667. The first-order valence-electron chi connectivity index (χ1n) is 8.63. The first kappa shape index (κ1) is 15.1. The molecule has 4 rings (SSSR count). The third-order valence-electron chi connectivity index (χ3n) is 5.37. The molecule has 2 saturated heterocycles. The van der Waals surface area contributed by atoms with E-state index in [1.54, 1.807) is 12.4 Å². The van der Waals surface area contributed by atoms with Gasteiger partial charge in [-0.1, -0.05) is 0 Å². The molecule has 0 N–H and O–H groups in total. The van der Waals surface area contributed by atoms with E-state index >= 15 is 0 Å². The smallest absolute Gasteiger partial charge is 0.223 e. The Morgan fingerprint density at radius 2 is 2.09 bits per heavy atom. The third-order valence-corrected chi connectivity index (χ3v) is 5.37. The monoisotopic (exact) mass is 316 g/mol. The van der Waals surface area contributed by atoms with Crippen molar-refractivity contribution < 1.29 is 14.3 Å². The average Bonchev–Trinajstić information content (AvgIpc) is 3.23. The molecule has 3 fully saturated rings. The van der Waals surface area contributed by atoms with Crippen LogP contribution in [-0.2, 0) is 20.9 Å². The van der Waals surface area contributed by atoms with Crippen LogP contribution in [0.15, 0.2) is 24.5 Å². The van der Waals surface area contributed by atoms with Crippen LogP contribution >= 0.6 is 0 Å². The molecule has 5 nitrogen and oxygen atoms in total. The summed E-state index contributed by atoms with van der Waals surface area (Å²) in [7, 11) is 0. The fourth-order valence-corrected chi connectivity index (χ4v) is 3.64. The summed E-state index contributed by atoms with van der Waals surface area (Å²) in [4.78, 5) is 18.1. The van der Waals surface area contributed by atoms with Crippen LogP contribution < -0.4 is 0 Å². The van der Waals surface area contributed by atoms with Crippen molar-refractivity contribution in [1.82, 2.24) is 9.88 Å². The highest BCUT2D eigenvalue weighted by atomic mass is 16.5. The Kier molecular flexibility index (Phi) is 4.07. The summed E-state index contributed by atoms with van der Waals surface area (Å²) in [5, 5.41) is 0. The maximum atomic E-state index is 12.2. The first-order chi connectivity index (χ1) is 11.3. The summed E-state index contributed by atoms with van der Waals surface area (Å²) in [5.41, 5.74) is 1.00. The van der Waals surface area contributed by atoms with Crippen molar-refractivity contribution >= 4 is 5.91 Å². The topological polar surface area (TPSA) is 51.7 Å². The minimum absolute atomic E-state index is 0.141. The number of hydrogen-bond acceptors (Lipinski definition) is 4. The second-order valence-electron chi connectivity index (χ2n) is 7.17. The van der Waals surface area contributed by atoms with Crippen molar-refractivity contribution in [3.63, 3.8) is 0 Å². The van der Waals surface area contributed by atoms with Gasteiger partial charge in [-0.05, 0) is 42.9 Å². The Balaban J connectivity index is 1.25. The van der Waals surface area contributed by atoms with E-state index in [1.807, 2.05) is 17.0 Å². The van der Waals surface area contributed by atoms with Gasteiger partial charge in [-0.25, -0.2) is 0 Å². The molecule has 0 bridgehead atoms. The molecule has 3 heterocycles. The molecule has 1 atom stereocenters. The zero-order chi connectivity index (χ0) is 15.7. The number of hydrogen-bond donors (Lipinski definition) is 0. The van der Waals surface area contributed by atoms with Crippen molar-refractivity contribution in [2.24, 2.45) is 11.8 Å². The van der Waals surface area contributed by atoms with Gasteiger partial charge >= 0.3 is 0 Å². The van der Waals surface area contributed by atoms with E-state index in [4.69, 9.17) is 9.47 Å². The molecule has 1 amide bonds. The van der Waals surface area contributed by atoms with E-state index in [0.717, 1.165) is 38.1 Å². The Bertz CT molecular complexity index is 553. The van der Waals surface area contributed by atoms with E-state index in [2.05, 4.69) is 4.98 Å². The van der Waals surface area contributed by atoms with Gasteiger partial charge in [0.1, 0.15) is 5.60 Å². The van der Waals surface area contributed by atoms with Crippen LogP contribution in [0.25, 0.3) is 0 Å². The summed E-state index contributed by atoms with van der Waals surface area (Å²) >= 11 is 0. The number of ether oxygens (including phenoxy) is 2. The number of aromatic nitrogens is 1. The molecule has 1 aliphatic carbocycles. The summed E-state index contributed by atoms with van der Waals surface area (Å²) in [6, 6.07) is 3.95. The number of pyridine rings is 1. The van der Waals surface area contributed by atoms with Crippen LogP contribution in [0.4, 0.5) is 0 Å². The SMILES string of the molecule is O=C(CC1CC1)N1CC2(C1)OCC[C@@H]2COCc1ccncc1. The first-order valence-corrected chi connectivity index (χ1v) is 8.63. The summed E-state index contributed by atoms with van der Waals surface area (Å²) in [6.45, 7) is 3.60. The molecular formula is C18H24N2O3. The van der Waals surface area contributed by atoms with E-state index in [1.165, 1.54) is 12.8 Å². The molecule has 1 spiro atoms. The maximum Gasteiger partial charge on any atom is 0.223 e. The zero-order valence-corrected chi connectivity index (χ0v) is 13.4. The highest BCUT2D eigenvalue weighted by Crippen LogP contribution is 2.41. The highest BCUT2D eigenvalue weighted by Gasteiger charge is 2.54. The van der Waals surface area contributed by atoms with Gasteiger partial charge in [0.2, 0.25) is 5.91 Å². The van der Waals surface area contributed by atoms with Gasteiger partial charge in [0.15, 0.2) is 0 Å². The predicted octanol–water partition coefficient (Wildman–Crippen LogP) is 2.02. The van der Waals surface area contributed by atoms with Crippen molar-refractivity contribution in [3.05, 3.63) is 30.1 Å². The number of amides is 1. The van der Waals surface area contributed by atoms with Crippen molar-refractivity contribution in [1.29, 1.82) is 0 Å². The minimum Gasteiger partial charge on any atom is -0.376 e. The van der Waals surface area contributed by atoms with Crippen LogP contribution in [-0.4, -0.2) is 47.7 Å². The molecular weight excluding hydrogens is 292 g/mol. The van der Waals surface area contributed by atoms with E-state index in [0.29, 0.717) is 31.0 Å². The Labute approximate surface area is 137 Å². The highest BCUT2D eigenvalue weighted by molar-refractivity contribution is 5.78. The molecule has 124 valence electrons. The Morgan fingerprint density at radius 3 is 2.83 bits per heavy atom. The lowest BCUT2D eigenvalue weighted by Crippen LogP contribution is -2.66. The molecule has 23 heavy (non-hydrogen) atoms. The van der Waals surface area contributed by atoms with Crippen molar-refractivity contribution in [2.45, 2.75) is 37.9 Å². The molecule has 1 aromatic rings. The standard InChI is InChI=1S/C18H24N2O3/c21-17(9-14-1-2-14)20-12-18(13-20)16(5-8-23-18)11-22-10-15-3-6-19-7-4-15/h3-4,6-7,14,16H,1-2,5,8-13H2/t16-/m1/s1. The van der Waals surface area contributed by atoms with E-state index in [-0.39, 0.29) is 5.60 Å². The van der Waals surface area contributed by atoms with Crippen LogP contribution in [0.2, 0.25) is 0 Å². The van der Waals surface area contributed by atoms with Gasteiger partial charge in [0, 0.05) is 31.3 Å². The van der Waals surface area contributed by atoms with Crippen molar-refractivity contribution in [2.75, 3.05) is 26.3 Å². The number of rotatable bonds is 6. The average molecular weight is 316 g/mol. The van der Waals surface area contributed by atoms with E-state index < -0.39 is 0 Å². The lowest BCUT2D eigenvalue weighted by atomic mass is 9.81.